The predicted molar refractivity (Wildman–Crippen MR) is 141 cm³/mol. The summed E-state index contributed by atoms with van der Waals surface area (Å²) in [5.74, 6) is 0.498. The lowest BCUT2D eigenvalue weighted by atomic mass is 10.1. The number of methoxy groups -OCH3 is 2. The molecule has 1 N–H and O–H groups in total. The van der Waals surface area contributed by atoms with Gasteiger partial charge >= 0.3 is 0 Å². The van der Waals surface area contributed by atoms with Crippen molar-refractivity contribution in [1.82, 2.24) is 14.7 Å². The monoisotopic (exact) mass is 477 g/mol. The summed E-state index contributed by atoms with van der Waals surface area (Å²) in [4.78, 5) is 32.1. The topological polar surface area (TPSA) is 81.9 Å². The van der Waals surface area contributed by atoms with Gasteiger partial charge in [-0.2, -0.15) is 0 Å². The van der Waals surface area contributed by atoms with Gasteiger partial charge in [0.05, 0.1) is 42.2 Å². The minimum Gasteiger partial charge on any atom is -0.493 e. The molecule has 0 aliphatic carbocycles. The summed E-state index contributed by atoms with van der Waals surface area (Å²) in [6, 6.07) is 22.5. The molecule has 0 spiro atoms. The average molecular weight is 478 g/mol. The number of nitrogens with one attached hydrogen (secondary N) is 1. The maximum atomic E-state index is 13.9. The van der Waals surface area contributed by atoms with E-state index >= 15 is 0 Å². The van der Waals surface area contributed by atoms with E-state index in [0.29, 0.717) is 33.3 Å². The number of hydrogen-bond donors (Lipinski definition) is 1. The van der Waals surface area contributed by atoms with Gasteiger partial charge in [0.2, 0.25) is 0 Å². The van der Waals surface area contributed by atoms with Crippen LogP contribution in [-0.4, -0.2) is 29.5 Å². The van der Waals surface area contributed by atoms with Crippen LogP contribution in [0.15, 0.2) is 77.6 Å². The lowest BCUT2D eigenvalue weighted by Gasteiger charge is -2.15. The molecule has 3 aromatic carbocycles. The molecule has 6 rings (SSSR count). The highest BCUT2D eigenvalue weighted by Gasteiger charge is 2.24. The fraction of sp³-hybridized carbons (Fsp3) is 0.138. The van der Waals surface area contributed by atoms with Crippen LogP contribution >= 0.6 is 0 Å². The van der Waals surface area contributed by atoms with Crippen molar-refractivity contribution in [2.24, 2.45) is 0 Å². The molecule has 1 atom stereocenters. The van der Waals surface area contributed by atoms with Crippen molar-refractivity contribution in [3.63, 3.8) is 0 Å². The molecule has 3 heterocycles. The van der Waals surface area contributed by atoms with Crippen LogP contribution in [0, 0.1) is 0 Å². The smallest absolute Gasteiger partial charge is 0.270 e. The number of nitrogens with zero attached hydrogens (tertiary/aromatic N) is 2. The van der Waals surface area contributed by atoms with Crippen molar-refractivity contribution in [2.45, 2.75) is 13.0 Å². The summed E-state index contributed by atoms with van der Waals surface area (Å²) < 4.78 is 12.7. The SMILES string of the molecule is COc1ccc2c(c1OC)c(=O)n1c3ccccc3c3cc(C(=O)NC(C)c4ccccc4)nc2c31. The molecule has 0 bridgehead atoms. The van der Waals surface area contributed by atoms with E-state index in [-0.39, 0.29) is 23.2 Å². The lowest BCUT2D eigenvalue weighted by molar-refractivity contribution is 0.0935. The summed E-state index contributed by atoms with van der Waals surface area (Å²) in [5, 5.41) is 5.67. The van der Waals surface area contributed by atoms with E-state index in [0.717, 1.165) is 21.9 Å². The minimum atomic E-state index is -0.291. The third-order valence-corrected chi connectivity index (χ3v) is 6.75. The van der Waals surface area contributed by atoms with Crippen LogP contribution in [0.4, 0.5) is 0 Å². The fourth-order valence-corrected chi connectivity index (χ4v) is 5.05. The highest BCUT2D eigenvalue weighted by atomic mass is 16.5. The first-order valence-electron chi connectivity index (χ1n) is 11.6. The number of fused-ring (bicyclic) bond motifs is 5. The molecule has 7 nitrogen and oxygen atoms in total. The Kier molecular flexibility index (Phi) is 5.00. The van der Waals surface area contributed by atoms with Crippen molar-refractivity contribution >= 4 is 44.0 Å². The Balaban J connectivity index is 1.67. The molecular formula is C29H23N3O4. The predicted octanol–water partition coefficient (Wildman–Crippen LogP) is 5.10. The number of ether oxygens (including phenoxy) is 2. The maximum Gasteiger partial charge on any atom is 0.270 e. The van der Waals surface area contributed by atoms with E-state index in [1.807, 2.05) is 61.5 Å². The molecule has 36 heavy (non-hydrogen) atoms. The number of aromatic nitrogens is 2. The third-order valence-electron chi connectivity index (χ3n) is 6.75. The van der Waals surface area contributed by atoms with Gasteiger partial charge in [0.25, 0.3) is 11.5 Å². The van der Waals surface area contributed by atoms with Gasteiger partial charge in [-0.3, -0.25) is 14.0 Å². The second-order valence-electron chi connectivity index (χ2n) is 8.74. The zero-order valence-electron chi connectivity index (χ0n) is 20.0. The summed E-state index contributed by atoms with van der Waals surface area (Å²) in [6.45, 7) is 1.94. The molecule has 178 valence electrons. The first-order chi connectivity index (χ1) is 17.5. The number of pyridine rings is 2. The third kappa shape index (κ3) is 3.09. The van der Waals surface area contributed by atoms with E-state index in [1.54, 1.807) is 22.6 Å². The average Bonchev–Trinajstić information content (AvgIpc) is 3.26. The first-order valence-corrected chi connectivity index (χ1v) is 11.6. The summed E-state index contributed by atoms with van der Waals surface area (Å²) >= 11 is 0. The van der Waals surface area contributed by atoms with E-state index in [2.05, 4.69) is 5.32 Å². The number of hydrogen-bond acceptors (Lipinski definition) is 5. The molecule has 0 saturated carbocycles. The Labute approximate surface area is 206 Å². The molecule has 3 aromatic heterocycles. The number of para-hydroxylation sites is 1. The van der Waals surface area contributed by atoms with Gasteiger partial charge in [-0.25, -0.2) is 4.98 Å². The Morgan fingerprint density at radius 2 is 1.67 bits per heavy atom. The fourth-order valence-electron chi connectivity index (χ4n) is 5.05. The van der Waals surface area contributed by atoms with Crippen molar-refractivity contribution in [3.8, 4) is 11.5 Å². The van der Waals surface area contributed by atoms with Gasteiger partial charge in [0.1, 0.15) is 5.69 Å². The zero-order valence-corrected chi connectivity index (χ0v) is 20.0. The van der Waals surface area contributed by atoms with E-state index in [1.165, 1.54) is 14.2 Å². The summed E-state index contributed by atoms with van der Waals surface area (Å²) in [7, 11) is 3.04. The Morgan fingerprint density at radius 3 is 2.42 bits per heavy atom. The van der Waals surface area contributed by atoms with Gasteiger partial charge in [0.15, 0.2) is 11.5 Å². The standard InChI is InChI=1S/C29H23N3O4/c1-16(17-9-5-4-6-10-17)30-28(33)21-15-20-18-11-7-8-12-22(18)32-26(20)25(31-21)19-13-14-23(35-2)27(36-3)24(19)29(32)34/h4-16H,1-3H3,(H,30,33). The summed E-state index contributed by atoms with van der Waals surface area (Å²) in [5.41, 5.74) is 3.02. The first kappa shape index (κ1) is 21.9. The molecular weight excluding hydrogens is 454 g/mol. The molecule has 0 fully saturated rings. The van der Waals surface area contributed by atoms with Gasteiger partial charge < -0.3 is 14.8 Å². The van der Waals surface area contributed by atoms with Crippen LogP contribution in [0.5, 0.6) is 11.5 Å². The van der Waals surface area contributed by atoms with Crippen molar-refractivity contribution < 1.29 is 14.3 Å². The maximum absolute atomic E-state index is 13.9. The van der Waals surface area contributed by atoms with Crippen LogP contribution in [0.1, 0.15) is 29.0 Å². The Hall–Kier alpha value is -4.65. The van der Waals surface area contributed by atoms with Gasteiger partial charge in [-0.15, -0.1) is 0 Å². The molecule has 0 radical (unpaired) electrons. The largest absolute Gasteiger partial charge is 0.493 e. The quantitative estimate of drug-likeness (QED) is 0.350. The number of amides is 1. The van der Waals surface area contributed by atoms with Crippen LogP contribution < -0.4 is 20.3 Å². The van der Waals surface area contributed by atoms with Crippen LogP contribution in [-0.2, 0) is 0 Å². The van der Waals surface area contributed by atoms with Crippen LogP contribution in [0.3, 0.4) is 0 Å². The van der Waals surface area contributed by atoms with E-state index < -0.39 is 0 Å². The molecule has 6 aromatic rings. The van der Waals surface area contributed by atoms with Crippen LogP contribution in [0.25, 0.3) is 38.1 Å². The summed E-state index contributed by atoms with van der Waals surface area (Å²) in [6.07, 6.45) is 0. The Morgan fingerprint density at radius 1 is 0.917 bits per heavy atom. The molecule has 0 aliphatic rings. The molecule has 1 unspecified atom stereocenters. The van der Waals surface area contributed by atoms with Gasteiger partial charge in [0, 0.05) is 16.2 Å². The highest BCUT2D eigenvalue weighted by molar-refractivity contribution is 6.21. The molecule has 0 saturated heterocycles. The molecule has 7 heteroatoms. The van der Waals surface area contributed by atoms with E-state index in [4.69, 9.17) is 14.5 Å². The second kappa shape index (κ2) is 8.23. The highest BCUT2D eigenvalue weighted by Crippen LogP contribution is 2.39. The minimum absolute atomic E-state index is 0.202. The van der Waals surface area contributed by atoms with Crippen molar-refractivity contribution in [2.75, 3.05) is 14.2 Å². The molecule has 0 aliphatic heterocycles. The normalized spacial score (nSPS) is 12.4. The van der Waals surface area contributed by atoms with Crippen molar-refractivity contribution in [1.29, 1.82) is 0 Å². The van der Waals surface area contributed by atoms with Gasteiger partial charge in [-0.05, 0) is 36.8 Å². The number of carbonyl (C=O) groups excluding carboxylic acids is 1. The second-order valence-corrected chi connectivity index (χ2v) is 8.74. The lowest BCUT2D eigenvalue weighted by Crippen LogP contribution is -2.27. The van der Waals surface area contributed by atoms with Gasteiger partial charge in [-0.1, -0.05) is 48.5 Å². The number of carbonyl (C=O) groups is 1. The number of rotatable bonds is 5. The van der Waals surface area contributed by atoms with Crippen molar-refractivity contribution in [3.05, 3.63) is 94.4 Å². The zero-order chi connectivity index (χ0) is 25.0. The Bertz CT molecular complexity index is 1840. The van der Waals surface area contributed by atoms with Crippen LogP contribution in [0.2, 0.25) is 0 Å². The molecule has 1 amide bonds. The van der Waals surface area contributed by atoms with E-state index in [9.17, 15) is 9.59 Å². The number of benzene rings is 3.